The van der Waals surface area contributed by atoms with Gasteiger partial charge in [-0.25, -0.2) is 0 Å². The molecule has 0 aromatic rings. The fourth-order valence-electron chi connectivity index (χ4n) is 7.38. The van der Waals surface area contributed by atoms with E-state index in [2.05, 4.69) is 19.9 Å². The summed E-state index contributed by atoms with van der Waals surface area (Å²) < 4.78 is 0. The lowest BCUT2D eigenvalue weighted by molar-refractivity contribution is -0.170. The maximum atomic E-state index is 11.2. The Hall–Kier alpha value is -0.380. The highest BCUT2D eigenvalue weighted by Crippen LogP contribution is 2.67. The van der Waals surface area contributed by atoms with Gasteiger partial charge in [-0.1, -0.05) is 25.5 Å². The van der Waals surface area contributed by atoms with Crippen LogP contribution in [0.15, 0.2) is 11.6 Å². The van der Waals surface area contributed by atoms with Gasteiger partial charge >= 0.3 is 0 Å². The van der Waals surface area contributed by atoms with E-state index in [9.17, 15) is 15.3 Å². The molecule has 0 unspecified atom stereocenters. The maximum absolute atomic E-state index is 11.2. The average Bonchev–Trinajstić information content (AvgIpc) is 2.81. The van der Waals surface area contributed by atoms with Gasteiger partial charge in [-0.15, -0.1) is 0 Å². The summed E-state index contributed by atoms with van der Waals surface area (Å²) >= 11 is 0. The largest absolute Gasteiger partial charge is 0.393 e. The first-order valence-electron chi connectivity index (χ1n) is 10.0. The van der Waals surface area contributed by atoms with Crippen LogP contribution >= 0.6 is 0 Å². The van der Waals surface area contributed by atoms with E-state index in [1.807, 2.05) is 0 Å². The second-order valence-corrected chi connectivity index (χ2v) is 9.75. The summed E-state index contributed by atoms with van der Waals surface area (Å²) in [4.78, 5) is 0. The normalized spacial score (nSPS) is 55.2. The Morgan fingerprint density at radius 1 is 1.08 bits per heavy atom. The predicted molar refractivity (Wildman–Crippen MR) is 94.3 cm³/mol. The zero-order valence-corrected chi connectivity index (χ0v) is 15.5. The molecule has 0 amide bonds. The minimum atomic E-state index is -0.920. The first-order valence-corrected chi connectivity index (χ1v) is 10.0. The van der Waals surface area contributed by atoms with Gasteiger partial charge in [-0.3, -0.25) is 0 Å². The van der Waals surface area contributed by atoms with Crippen LogP contribution in [0, 0.1) is 28.6 Å². The third-order valence-corrected chi connectivity index (χ3v) is 8.98. The van der Waals surface area contributed by atoms with Gasteiger partial charge in [0.25, 0.3) is 0 Å². The summed E-state index contributed by atoms with van der Waals surface area (Å²) in [5, 5.41) is 31.6. The molecule has 136 valence electrons. The van der Waals surface area contributed by atoms with Crippen LogP contribution in [0.3, 0.4) is 0 Å². The Morgan fingerprint density at radius 3 is 2.50 bits per heavy atom. The van der Waals surface area contributed by atoms with Crippen molar-refractivity contribution >= 4 is 0 Å². The minimum absolute atomic E-state index is 0.151. The van der Waals surface area contributed by atoms with Crippen molar-refractivity contribution in [1.29, 1.82) is 0 Å². The first-order chi connectivity index (χ1) is 11.2. The number of rotatable bonds is 1. The molecule has 8 atom stereocenters. The molecule has 0 aromatic heterocycles. The van der Waals surface area contributed by atoms with Crippen molar-refractivity contribution < 1.29 is 15.3 Å². The van der Waals surface area contributed by atoms with E-state index in [1.165, 1.54) is 5.57 Å². The number of aliphatic hydroxyl groups excluding tert-OH is 2. The summed E-state index contributed by atoms with van der Waals surface area (Å²) in [6.45, 7) is 6.43. The topological polar surface area (TPSA) is 60.7 Å². The van der Waals surface area contributed by atoms with Gasteiger partial charge in [0.2, 0.25) is 0 Å². The van der Waals surface area contributed by atoms with Crippen LogP contribution in [-0.4, -0.2) is 33.1 Å². The van der Waals surface area contributed by atoms with Crippen molar-refractivity contribution in [2.75, 3.05) is 0 Å². The SMILES string of the molecule is C[C@H](O)[C@]1(O)CC[C@H]2[C@@H]3CC=C4C[C@@H](O)CC[C@]4(C)[C@H]3CC[C@@]21C. The van der Waals surface area contributed by atoms with Gasteiger partial charge in [-0.05, 0) is 81.5 Å². The molecule has 0 bridgehead atoms. The molecule has 0 radical (unpaired) electrons. The van der Waals surface area contributed by atoms with Gasteiger partial charge in [0.05, 0.1) is 17.8 Å². The fourth-order valence-corrected chi connectivity index (χ4v) is 7.38. The highest BCUT2D eigenvalue weighted by Gasteiger charge is 2.64. The predicted octanol–water partition coefficient (Wildman–Crippen LogP) is 3.42. The second kappa shape index (κ2) is 5.31. The molecule has 4 aliphatic carbocycles. The van der Waals surface area contributed by atoms with Gasteiger partial charge in [-0.2, -0.15) is 0 Å². The molecule has 0 aliphatic heterocycles. The van der Waals surface area contributed by atoms with Crippen LogP contribution in [0.2, 0.25) is 0 Å². The molecule has 0 aromatic carbocycles. The highest BCUT2D eigenvalue weighted by molar-refractivity contribution is 5.26. The third kappa shape index (κ3) is 2.01. The van der Waals surface area contributed by atoms with E-state index in [4.69, 9.17) is 0 Å². The molecular formula is C21H34O3. The van der Waals surface area contributed by atoms with Crippen LogP contribution in [0.4, 0.5) is 0 Å². The fraction of sp³-hybridized carbons (Fsp3) is 0.905. The molecule has 3 fully saturated rings. The summed E-state index contributed by atoms with van der Waals surface area (Å²) in [5.74, 6) is 1.82. The third-order valence-electron chi connectivity index (χ3n) is 8.98. The van der Waals surface area contributed by atoms with Crippen LogP contribution in [-0.2, 0) is 0 Å². The Balaban J connectivity index is 1.68. The summed E-state index contributed by atoms with van der Waals surface area (Å²) in [6.07, 6.45) is 9.56. The summed E-state index contributed by atoms with van der Waals surface area (Å²) in [7, 11) is 0. The molecule has 0 saturated heterocycles. The standard InChI is InChI=1S/C21H34O3/c1-13(22)21(24)11-8-18-16-5-4-14-12-15(23)6-9-19(14,2)17(16)7-10-20(18,21)3/h4,13,15-18,22-24H,5-12H2,1-3H3/t13-,15-,16+,17-,18-,19-,20-,21+/m0/s1. The van der Waals surface area contributed by atoms with Crippen LogP contribution in [0.5, 0.6) is 0 Å². The smallest absolute Gasteiger partial charge is 0.0958 e. The molecule has 0 spiro atoms. The number of aliphatic hydroxyl groups is 3. The lowest BCUT2D eigenvalue weighted by atomic mass is 9.46. The Morgan fingerprint density at radius 2 is 1.79 bits per heavy atom. The van der Waals surface area contributed by atoms with Crippen molar-refractivity contribution in [3.63, 3.8) is 0 Å². The molecule has 0 heterocycles. The monoisotopic (exact) mass is 334 g/mol. The quantitative estimate of drug-likeness (QED) is 0.644. The molecule has 3 N–H and O–H groups in total. The number of allylic oxidation sites excluding steroid dienone is 1. The number of hydrogen-bond donors (Lipinski definition) is 3. The highest BCUT2D eigenvalue weighted by atomic mass is 16.3. The van der Waals surface area contributed by atoms with E-state index in [0.29, 0.717) is 17.8 Å². The van der Waals surface area contributed by atoms with E-state index in [1.54, 1.807) is 6.92 Å². The molecule has 3 saturated carbocycles. The lowest BCUT2D eigenvalue weighted by Crippen LogP contribution is -2.58. The second-order valence-electron chi connectivity index (χ2n) is 9.75. The van der Waals surface area contributed by atoms with Gasteiger partial charge < -0.3 is 15.3 Å². The molecule has 3 nitrogen and oxygen atoms in total. The number of hydrogen-bond acceptors (Lipinski definition) is 3. The van der Waals surface area contributed by atoms with Gasteiger partial charge in [0, 0.05) is 5.41 Å². The molecule has 4 aliphatic rings. The Bertz CT molecular complexity index is 555. The Kier molecular flexibility index (Phi) is 3.77. The van der Waals surface area contributed by atoms with Crippen LogP contribution in [0.1, 0.15) is 72.1 Å². The van der Waals surface area contributed by atoms with E-state index in [0.717, 1.165) is 51.4 Å². The molecule has 3 heteroatoms. The zero-order chi connectivity index (χ0) is 17.3. The van der Waals surface area contributed by atoms with Crippen molar-refractivity contribution in [2.45, 2.75) is 89.9 Å². The zero-order valence-electron chi connectivity index (χ0n) is 15.5. The van der Waals surface area contributed by atoms with Crippen LogP contribution < -0.4 is 0 Å². The van der Waals surface area contributed by atoms with E-state index < -0.39 is 11.7 Å². The van der Waals surface area contributed by atoms with Gasteiger partial charge in [0.1, 0.15) is 0 Å². The van der Waals surface area contributed by atoms with Crippen molar-refractivity contribution in [3.8, 4) is 0 Å². The van der Waals surface area contributed by atoms with Crippen molar-refractivity contribution in [1.82, 2.24) is 0 Å². The summed E-state index contributed by atoms with van der Waals surface area (Å²) in [6, 6.07) is 0. The van der Waals surface area contributed by atoms with Crippen molar-refractivity contribution in [2.24, 2.45) is 28.6 Å². The molecule has 24 heavy (non-hydrogen) atoms. The first kappa shape index (κ1) is 17.1. The van der Waals surface area contributed by atoms with Crippen LogP contribution in [0.25, 0.3) is 0 Å². The van der Waals surface area contributed by atoms with Gasteiger partial charge in [0.15, 0.2) is 0 Å². The summed E-state index contributed by atoms with van der Waals surface area (Å²) in [5.41, 5.74) is 0.665. The lowest BCUT2D eigenvalue weighted by Gasteiger charge is -2.59. The molecular weight excluding hydrogens is 300 g/mol. The minimum Gasteiger partial charge on any atom is -0.393 e. The Labute approximate surface area is 146 Å². The van der Waals surface area contributed by atoms with Crippen molar-refractivity contribution in [3.05, 3.63) is 11.6 Å². The van der Waals surface area contributed by atoms with E-state index >= 15 is 0 Å². The number of fused-ring (bicyclic) bond motifs is 5. The van der Waals surface area contributed by atoms with E-state index in [-0.39, 0.29) is 16.9 Å². The average molecular weight is 335 g/mol. The molecule has 4 rings (SSSR count). The maximum Gasteiger partial charge on any atom is 0.0958 e.